The molecule has 5 N–H and O–H groups in total. The van der Waals surface area contributed by atoms with Crippen LogP contribution in [0, 0.1) is 137 Å². The largest absolute Gasteiger partial charge is 0.393 e. The fourth-order valence-electron chi connectivity index (χ4n) is 19.8. The van der Waals surface area contributed by atoms with E-state index in [1.54, 1.807) is 0 Å². The fraction of sp³-hybridized carbons (Fsp3) is 0.342. The Kier molecular flexibility index (Phi) is 25.1. The zero-order valence-corrected chi connectivity index (χ0v) is 76.6. The first-order valence-electron chi connectivity index (χ1n) is 45.1. The normalized spacial score (nSPS) is 19.6. The molecular formula is C111H115N13O4. The van der Waals surface area contributed by atoms with Crippen molar-refractivity contribution in [2.75, 3.05) is 7.05 Å². The Bertz CT molecular complexity index is 6420. The van der Waals surface area contributed by atoms with Gasteiger partial charge in [-0.25, -0.2) is 24.2 Å². The molecule has 0 aliphatic heterocycles. The third-order valence-corrected chi connectivity index (χ3v) is 29.0. The lowest BCUT2D eigenvalue weighted by atomic mass is 9.89. The van der Waals surface area contributed by atoms with Gasteiger partial charge in [0, 0.05) is 159 Å². The second kappa shape index (κ2) is 36.4. The third kappa shape index (κ3) is 16.7. The Morgan fingerprint density at radius 3 is 0.727 bits per heavy atom. The number of aliphatic hydroxyl groups excluding tert-OH is 4. The van der Waals surface area contributed by atoms with E-state index in [2.05, 4.69) is 268 Å². The number of aryl methyl sites for hydroxylation is 10. The summed E-state index contributed by atoms with van der Waals surface area (Å²) in [5.41, 5.74) is 38.8. The quantitative estimate of drug-likeness (QED) is 0.0804. The van der Waals surface area contributed by atoms with Crippen LogP contribution in [-0.2, 0) is 0 Å². The van der Waals surface area contributed by atoms with Crippen LogP contribution in [-0.4, -0.2) is 90.7 Å². The van der Waals surface area contributed by atoms with Crippen LogP contribution < -0.4 is 5.32 Å². The number of hydrogen-bond acceptors (Lipinski definition) is 7. The monoisotopic (exact) mass is 1690 g/mol. The van der Waals surface area contributed by atoms with Crippen LogP contribution in [0.25, 0.3) is 134 Å². The second-order valence-electron chi connectivity index (χ2n) is 37.0. The van der Waals surface area contributed by atoms with Gasteiger partial charge in [-0.3, -0.25) is 9.97 Å². The Morgan fingerprint density at radius 2 is 0.500 bits per heavy atom. The van der Waals surface area contributed by atoms with E-state index >= 15 is 0 Å². The molecule has 17 heteroatoms. The predicted octanol–water partition coefficient (Wildman–Crippen LogP) is 27.2. The minimum Gasteiger partial charge on any atom is -0.393 e. The van der Waals surface area contributed by atoms with E-state index in [4.69, 9.17) is 32.9 Å². The van der Waals surface area contributed by atoms with E-state index in [9.17, 15) is 20.4 Å². The van der Waals surface area contributed by atoms with Crippen LogP contribution >= 0.6 is 0 Å². The smallest absolute Gasteiger partial charge is 0.190 e. The minimum absolute atomic E-state index is 0.185. The maximum Gasteiger partial charge on any atom is 0.190 e. The van der Waals surface area contributed by atoms with E-state index in [1.807, 2.05) is 76.7 Å². The summed E-state index contributed by atoms with van der Waals surface area (Å²) in [5, 5.41) is 48.0. The summed E-state index contributed by atoms with van der Waals surface area (Å²) in [5.74, 6) is 0. The summed E-state index contributed by atoms with van der Waals surface area (Å²) in [6.07, 6.45) is 29.2. The Balaban J connectivity index is 0.000000118. The summed E-state index contributed by atoms with van der Waals surface area (Å²) >= 11 is 0. The molecule has 15 aromatic rings. The molecule has 5 aliphatic carbocycles. The topological polar surface area (TPSA) is 165 Å². The van der Waals surface area contributed by atoms with Crippen LogP contribution in [0.3, 0.4) is 0 Å². The van der Waals surface area contributed by atoms with Gasteiger partial charge in [-0.05, 0) is 376 Å². The van der Waals surface area contributed by atoms with Crippen LogP contribution in [0.5, 0.6) is 0 Å². The molecule has 20 rings (SSSR count). The van der Waals surface area contributed by atoms with Gasteiger partial charge in [0.15, 0.2) is 28.4 Å². The molecule has 5 aliphatic rings. The molecule has 0 amide bonds. The molecule has 7 aromatic heterocycles. The van der Waals surface area contributed by atoms with Crippen LogP contribution in [0.2, 0.25) is 0 Å². The number of pyridine rings is 2. The van der Waals surface area contributed by atoms with Crippen molar-refractivity contribution in [3.63, 3.8) is 0 Å². The summed E-state index contributed by atoms with van der Waals surface area (Å²) in [6.45, 7) is 68.7. The van der Waals surface area contributed by atoms with Crippen molar-refractivity contribution in [1.29, 1.82) is 0 Å². The number of aliphatic hydroxyl groups is 4. The number of hydrogen-bond donors (Lipinski definition) is 5. The van der Waals surface area contributed by atoms with Crippen molar-refractivity contribution >= 4 is 83.0 Å². The van der Waals surface area contributed by atoms with Gasteiger partial charge in [-0.2, -0.15) is 0 Å². The molecule has 0 radical (unpaired) electrons. The van der Waals surface area contributed by atoms with E-state index in [1.165, 1.54) is 114 Å². The van der Waals surface area contributed by atoms with E-state index in [0.717, 1.165) is 162 Å². The molecule has 0 atom stereocenters. The molecule has 7 heterocycles. The highest BCUT2D eigenvalue weighted by atomic mass is 16.3. The van der Waals surface area contributed by atoms with Gasteiger partial charge in [-0.15, -0.1) is 0 Å². The van der Waals surface area contributed by atoms with Crippen LogP contribution in [0.1, 0.15) is 191 Å². The van der Waals surface area contributed by atoms with Crippen molar-refractivity contribution in [2.45, 2.75) is 242 Å². The first-order chi connectivity index (χ1) is 61.5. The zero-order valence-electron chi connectivity index (χ0n) is 76.6. The van der Waals surface area contributed by atoms with Crippen molar-refractivity contribution < 1.29 is 20.4 Å². The SMILES string of the molecule is [C-]#[N+]c1cc2c(-c3cccc(C)c3C)cn(C3CC(O)C3)c2cc1C.[C-]#[N+]c1cc2c(-c3cccc(C)c3C)cn(C3CC(O)C3)c2cc1C.[C-]#[N+]c1cc2c(-c3cccc(C)c3C)cn(C3CCC(NC)CC3)c2cc1C.[C-]#[N+]c1cc2c(-c3cncc(C)c3C)cn(C3CC(O)C3)c2cc1C.[C-]#[N+]c1cc2c(-c3cncc(C)c3C)cn(C3CC(O)C3)c2cc1C. The fourth-order valence-corrected chi connectivity index (χ4v) is 19.8. The molecule has 0 unspecified atom stereocenters. The second-order valence-corrected chi connectivity index (χ2v) is 37.0. The standard InChI is InChI=1S/C25H29N3.2C22H22N2O.2C21H21N3O/c1-16-7-6-8-21(18(16)3)23-15-28(20-11-9-19(26-4)10-12-20)25-13-17(2)24(27-5)14-22(23)25;2*1-13-6-5-7-18(15(13)3)20-12-24(16-9-17(25)10-16)22-8-14(2)21(23-4)11-19(20)22;2*1-12-5-21-17(8-20(12)22-4)19(11-24(21)15-6-16(25)7-15)18-10-23-9-13(2)14(18)3/h6-8,13-15,19-20,26H,9-12H2,1-4H3;2*5-8,11-12,16-17,25H,9-10H2,1-3H3;2*5,8-11,15-16,25H,6-7H2,1-3H3. The van der Waals surface area contributed by atoms with Crippen molar-refractivity contribution in [3.05, 3.63) is 312 Å². The summed E-state index contributed by atoms with van der Waals surface area (Å²) in [7, 11) is 2.07. The number of benzene rings is 8. The molecule has 5 fully saturated rings. The van der Waals surface area contributed by atoms with E-state index < -0.39 is 0 Å². The van der Waals surface area contributed by atoms with E-state index in [0.29, 0.717) is 59.0 Å². The molecule has 5 saturated carbocycles. The average Bonchev–Trinajstić information content (AvgIpc) is 1.61. The van der Waals surface area contributed by atoms with Gasteiger partial charge >= 0.3 is 0 Å². The zero-order chi connectivity index (χ0) is 90.7. The van der Waals surface area contributed by atoms with Gasteiger partial charge < -0.3 is 48.6 Å². The number of rotatable bonds is 11. The molecule has 648 valence electrons. The van der Waals surface area contributed by atoms with Gasteiger partial charge in [0.25, 0.3) is 0 Å². The lowest BCUT2D eigenvalue weighted by Crippen LogP contribution is -2.30. The van der Waals surface area contributed by atoms with Crippen LogP contribution in [0.15, 0.2) is 171 Å². The number of fused-ring (bicyclic) bond motifs is 5. The number of nitrogens with one attached hydrogen (secondary N) is 1. The third-order valence-electron chi connectivity index (χ3n) is 29.0. The number of nitrogens with zero attached hydrogens (tertiary/aromatic N) is 12. The van der Waals surface area contributed by atoms with Gasteiger partial charge in [0.2, 0.25) is 0 Å². The lowest BCUT2D eigenvalue weighted by molar-refractivity contribution is 0.0500. The first-order valence-corrected chi connectivity index (χ1v) is 45.1. The molecular weight excluding hydrogens is 1580 g/mol. The highest BCUT2D eigenvalue weighted by Gasteiger charge is 2.36. The molecule has 8 aromatic carbocycles. The Morgan fingerprint density at radius 1 is 0.273 bits per heavy atom. The Hall–Kier alpha value is -13.0. The van der Waals surface area contributed by atoms with Crippen molar-refractivity contribution in [1.82, 2.24) is 38.1 Å². The molecule has 0 spiro atoms. The molecule has 128 heavy (non-hydrogen) atoms. The van der Waals surface area contributed by atoms with Crippen LogP contribution in [0.4, 0.5) is 28.4 Å². The Labute approximate surface area is 752 Å². The van der Waals surface area contributed by atoms with Crippen molar-refractivity contribution in [3.8, 4) is 55.6 Å². The first kappa shape index (κ1) is 88.4. The highest BCUT2D eigenvalue weighted by Crippen LogP contribution is 2.50. The van der Waals surface area contributed by atoms with Gasteiger partial charge in [0.1, 0.15) is 0 Å². The maximum atomic E-state index is 9.74. The summed E-state index contributed by atoms with van der Waals surface area (Å²) in [6, 6.07) is 42.7. The molecule has 0 saturated heterocycles. The van der Waals surface area contributed by atoms with Gasteiger partial charge in [0.05, 0.1) is 57.3 Å². The molecule has 0 bridgehead atoms. The minimum atomic E-state index is -0.197. The average molecular weight is 1700 g/mol. The predicted molar refractivity (Wildman–Crippen MR) is 522 cm³/mol. The lowest BCUT2D eigenvalue weighted by Gasteiger charge is -2.33. The summed E-state index contributed by atoms with van der Waals surface area (Å²) < 4.78 is 11.7. The highest BCUT2D eigenvalue weighted by molar-refractivity contribution is 6.04. The van der Waals surface area contributed by atoms with E-state index in [-0.39, 0.29) is 24.4 Å². The van der Waals surface area contributed by atoms with Crippen molar-refractivity contribution in [2.24, 2.45) is 0 Å². The molecule has 17 nitrogen and oxygen atoms in total. The van der Waals surface area contributed by atoms with Gasteiger partial charge in [-0.1, -0.05) is 54.6 Å². The maximum absolute atomic E-state index is 9.74. The number of aromatic nitrogens is 7. The summed E-state index contributed by atoms with van der Waals surface area (Å²) in [4.78, 5) is 27.3.